The van der Waals surface area contributed by atoms with E-state index in [0.29, 0.717) is 6.10 Å². The fourth-order valence-electron chi connectivity index (χ4n) is 2.81. The number of unbranched alkanes of at least 4 members (excludes halogenated alkanes) is 9. The summed E-state index contributed by atoms with van der Waals surface area (Å²) in [6.07, 6.45) is 17.2. The van der Waals surface area contributed by atoms with E-state index in [2.05, 4.69) is 12.2 Å². The summed E-state index contributed by atoms with van der Waals surface area (Å²) < 4.78 is 5.59. The second-order valence-corrected chi connectivity index (χ2v) is 6.02. The summed E-state index contributed by atoms with van der Waals surface area (Å²) in [6.45, 7) is 5.51. The van der Waals surface area contributed by atoms with Gasteiger partial charge in [0.15, 0.2) is 0 Å². The van der Waals surface area contributed by atoms with Crippen molar-refractivity contribution < 1.29 is 4.74 Å². The van der Waals surface area contributed by atoms with Crippen molar-refractivity contribution >= 4 is 0 Å². The van der Waals surface area contributed by atoms with Crippen LogP contribution in [0.5, 0.6) is 0 Å². The molecule has 0 aromatic rings. The number of ether oxygens (including phenoxy) is 1. The van der Waals surface area contributed by atoms with Gasteiger partial charge in [0.25, 0.3) is 0 Å². The molecule has 1 N–H and O–H groups in total. The average molecular weight is 269 g/mol. The van der Waals surface area contributed by atoms with E-state index in [9.17, 15) is 0 Å². The molecule has 0 aromatic heterocycles. The molecular formula is C17H35NO. The molecule has 1 atom stereocenters. The Morgan fingerprint density at radius 2 is 1.53 bits per heavy atom. The lowest BCUT2D eigenvalue weighted by molar-refractivity contribution is 0.110. The maximum atomic E-state index is 5.59. The number of nitrogens with one attached hydrogen (secondary N) is 1. The molecule has 2 nitrogen and oxygen atoms in total. The molecule has 1 saturated heterocycles. The molecule has 0 radical (unpaired) electrons. The molecule has 114 valence electrons. The minimum atomic E-state index is 0.503. The zero-order valence-electron chi connectivity index (χ0n) is 13.1. The van der Waals surface area contributed by atoms with Crippen molar-refractivity contribution in [2.45, 2.75) is 90.1 Å². The molecule has 1 fully saturated rings. The van der Waals surface area contributed by atoms with Crippen LogP contribution < -0.4 is 5.32 Å². The molecule has 0 bridgehead atoms. The van der Waals surface area contributed by atoms with Crippen molar-refractivity contribution in [3.63, 3.8) is 0 Å². The maximum absolute atomic E-state index is 5.59. The molecule has 1 unspecified atom stereocenters. The quantitative estimate of drug-likeness (QED) is 0.490. The van der Waals surface area contributed by atoms with Gasteiger partial charge in [-0.15, -0.1) is 0 Å². The molecule has 0 saturated carbocycles. The Morgan fingerprint density at radius 1 is 0.895 bits per heavy atom. The summed E-state index contributed by atoms with van der Waals surface area (Å²) in [6, 6.07) is 0. The van der Waals surface area contributed by atoms with E-state index in [1.165, 1.54) is 83.6 Å². The summed E-state index contributed by atoms with van der Waals surface area (Å²) in [5, 5.41) is 3.53. The standard InChI is InChI=1S/C17H35NO/c1-2-3-4-5-6-7-8-9-10-11-14-18-16-17-13-12-15-19-17/h17-18H,2-16H2,1H3. The lowest BCUT2D eigenvalue weighted by Gasteiger charge is -2.10. The van der Waals surface area contributed by atoms with Crippen LogP contribution in [-0.2, 0) is 4.74 Å². The van der Waals surface area contributed by atoms with Gasteiger partial charge < -0.3 is 10.1 Å². The molecule has 0 aliphatic carbocycles. The highest BCUT2D eigenvalue weighted by Crippen LogP contribution is 2.11. The van der Waals surface area contributed by atoms with E-state index in [1.54, 1.807) is 0 Å². The van der Waals surface area contributed by atoms with E-state index in [-0.39, 0.29) is 0 Å². The molecule has 0 amide bonds. The second-order valence-electron chi connectivity index (χ2n) is 6.02. The highest BCUT2D eigenvalue weighted by Gasteiger charge is 2.13. The zero-order valence-corrected chi connectivity index (χ0v) is 13.1. The molecule has 1 rings (SSSR count). The van der Waals surface area contributed by atoms with Crippen LogP contribution in [0.25, 0.3) is 0 Å². The number of hydrogen-bond donors (Lipinski definition) is 1. The van der Waals surface area contributed by atoms with E-state index in [1.807, 2.05) is 0 Å². The highest BCUT2D eigenvalue weighted by molar-refractivity contribution is 4.67. The van der Waals surface area contributed by atoms with Crippen molar-refractivity contribution in [1.82, 2.24) is 5.32 Å². The van der Waals surface area contributed by atoms with Crippen molar-refractivity contribution in [1.29, 1.82) is 0 Å². The zero-order chi connectivity index (χ0) is 13.6. The first-order valence-electron chi connectivity index (χ1n) is 8.76. The Kier molecular flexibility index (Phi) is 11.5. The summed E-state index contributed by atoms with van der Waals surface area (Å²) in [7, 11) is 0. The fraction of sp³-hybridized carbons (Fsp3) is 1.00. The van der Waals surface area contributed by atoms with Crippen LogP contribution in [0.4, 0.5) is 0 Å². The molecule has 1 aliphatic heterocycles. The van der Waals surface area contributed by atoms with Gasteiger partial charge in [-0.1, -0.05) is 64.7 Å². The summed E-state index contributed by atoms with van der Waals surface area (Å²) in [4.78, 5) is 0. The Hall–Kier alpha value is -0.0800. The predicted octanol–water partition coefficient (Wildman–Crippen LogP) is 4.68. The topological polar surface area (TPSA) is 21.3 Å². The van der Waals surface area contributed by atoms with Crippen LogP contribution >= 0.6 is 0 Å². The van der Waals surface area contributed by atoms with E-state index >= 15 is 0 Å². The van der Waals surface area contributed by atoms with Gasteiger partial charge >= 0.3 is 0 Å². The molecule has 0 spiro atoms. The van der Waals surface area contributed by atoms with Gasteiger partial charge in [0, 0.05) is 13.2 Å². The van der Waals surface area contributed by atoms with Crippen LogP contribution in [0.3, 0.4) is 0 Å². The van der Waals surface area contributed by atoms with Crippen LogP contribution in [0.1, 0.15) is 84.0 Å². The molecule has 1 aliphatic rings. The third-order valence-electron chi connectivity index (χ3n) is 4.10. The minimum Gasteiger partial charge on any atom is -0.377 e. The van der Waals surface area contributed by atoms with Crippen molar-refractivity contribution in [2.75, 3.05) is 19.7 Å². The van der Waals surface area contributed by atoms with Crippen molar-refractivity contribution in [3.8, 4) is 0 Å². The molecule has 2 heteroatoms. The lowest BCUT2D eigenvalue weighted by atomic mass is 10.1. The smallest absolute Gasteiger partial charge is 0.0700 e. The lowest BCUT2D eigenvalue weighted by Crippen LogP contribution is -2.26. The third-order valence-corrected chi connectivity index (χ3v) is 4.10. The SMILES string of the molecule is CCCCCCCCCCCCNCC1CCCO1. The maximum Gasteiger partial charge on any atom is 0.0700 e. The monoisotopic (exact) mass is 269 g/mol. The Morgan fingerprint density at radius 3 is 2.11 bits per heavy atom. The van der Waals surface area contributed by atoms with Gasteiger partial charge in [-0.25, -0.2) is 0 Å². The predicted molar refractivity (Wildman–Crippen MR) is 83.7 cm³/mol. The van der Waals surface area contributed by atoms with Crippen LogP contribution in [0.15, 0.2) is 0 Å². The van der Waals surface area contributed by atoms with E-state index in [4.69, 9.17) is 4.74 Å². The molecule has 1 heterocycles. The average Bonchev–Trinajstić information content (AvgIpc) is 2.93. The van der Waals surface area contributed by atoms with Crippen LogP contribution in [0, 0.1) is 0 Å². The van der Waals surface area contributed by atoms with Gasteiger partial charge in [0.2, 0.25) is 0 Å². The van der Waals surface area contributed by atoms with E-state index < -0.39 is 0 Å². The van der Waals surface area contributed by atoms with Gasteiger partial charge in [0.1, 0.15) is 0 Å². The summed E-state index contributed by atoms with van der Waals surface area (Å²) in [5.74, 6) is 0. The van der Waals surface area contributed by atoms with Gasteiger partial charge in [-0.3, -0.25) is 0 Å². The van der Waals surface area contributed by atoms with Crippen LogP contribution in [0.2, 0.25) is 0 Å². The normalized spacial score (nSPS) is 19.1. The van der Waals surface area contributed by atoms with Gasteiger partial charge in [0.05, 0.1) is 6.10 Å². The Labute approximate surface area is 120 Å². The summed E-state index contributed by atoms with van der Waals surface area (Å²) >= 11 is 0. The van der Waals surface area contributed by atoms with Crippen LogP contribution in [-0.4, -0.2) is 25.8 Å². The molecular weight excluding hydrogens is 234 g/mol. The molecule has 0 aromatic carbocycles. The number of hydrogen-bond acceptors (Lipinski definition) is 2. The summed E-state index contributed by atoms with van der Waals surface area (Å²) in [5.41, 5.74) is 0. The van der Waals surface area contributed by atoms with Crippen molar-refractivity contribution in [2.24, 2.45) is 0 Å². The highest BCUT2D eigenvalue weighted by atomic mass is 16.5. The Bertz CT molecular complexity index is 178. The first-order chi connectivity index (χ1) is 9.43. The fourth-order valence-corrected chi connectivity index (χ4v) is 2.81. The first-order valence-corrected chi connectivity index (χ1v) is 8.76. The van der Waals surface area contributed by atoms with Gasteiger partial charge in [-0.2, -0.15) is 0 Å². The van der Waals surface area contributed by atoms with Crippen molar-refractivity contribution in [3.05, 3.63) is 0 Å². The minimum absolute atomic E-state index is 0.503. The first kappa shape index (κ1) is 17.0. The van der Waals surface area contributed by atoms with E-state index in [0.717, 1.165) is 13.2 Å². The third kappa shape index (κ3) is 10.4. The molecule has 19 heavy (non-hydrogen) atoms. The second kappa shape index (κ2) is 12.9. The number of rotatable bonds is 13. The largest absolute Gasteiger partial charge is 0.377 e. The Balaban J connectivity index is 1.67. The van der Waals surface area contributed by atoms with Gasteiger partial charge in [-0.05, 0) is 25.8 Å².